The Labute approximate surface area is 172 Å². The first kappa shape index (κ1) is 20.5. The summed E-state index contributed by atoms with van der Waals surface area (Å²) < 4.78 is 5.35. The molecule has 0 bridgehead atoms. The summed E-state index contributed by atoms with van der Waals surface area (Å²) in [4.78, 5) is 11.8. The zero-order valence-corrected chi connectivity index (χ0v) is 17.9. The Bertz CT molecular complexity index is 776. The first-order chi connectivity index (χ1) is 13.7. The van der Waals surface area contributed by atoms with E-state index in [9.17, 15) is 0 Å². The van der Waals surface area contributed by atoms with E-state index in [0.717, 1.165) is 68.0 Å². The van der Waals surface area contributed by atoms with Crippen LogP contribution in [0.5, 0.6) is 5.75 Å². The molecule has 7 heteroatoms. The molecule has 1 aliphatic rings. The Morgan fingerprint density at radius 1 is 1.39 bits per heavy atom. The van der Waals surface area contributed by atoms with Crippen LogP contribution in [0, 0.1) is 12.8 Å². The second kappa shape index (κ2) is 10.3. The van der Waals surface area contributed by atoms with Crippen molar-refractivity contribution in [2.24, 2.45) is 10.9 Å². The van der Waals surface area contributed by atoms with Gasteiger partial charge in [-0.05, 0) is 38.3 Å². The molecule has 1 fully saturated rings. The average Bonchev–Trinajstić information content (AvgIpc) is 3.35. The largest absolute Gasteiger partial charge is 0.497 e. The molecule has 2 heterocycles. The summed E-state index contributed by atoms with van der Waals surface area (Å²) in [7, 11) is 1.71. The van der Waals surface area contributed by atoms with Gasteiger partial charge in [0, 0.05) is 56.3 Å². The summed E-state index contributed by atoms with van der Waals surface area (Å²) in [5.41, 5.74) is 2.38. The van der Waals surface area contributed by atoms with Crippen LogP contribution in [0.15, 0.2) is 34.6 Å². The van der Waals surface area contributed by atoms with Crippen LogP contribution in [0.2, 0.25) is 0 Å². The highest BCUT2D eigenvalue weighted by Gasteiger charge is 2.22. The van der Waals surface area contributed by atoms with Gasteiger partial charge in [0.25, 0.3) is 0 Å². The summed E-state index contributed by atoms with van der Waals surface area (Å²) in [6.07, 6.45) is 2.08. The van der Waals surface area contributed by atoms with E-state index in [-0.39, 0.29) is 0 Å². The van der Waals surface area contributed by atoms with Crippen LogP contribution in [-0.4, -0.2) is 50.8 Å². The Morgan fingerprint density at radius 2 is 2.29 bits per heavy atom. The molecule has 2 aromatic rings. The fraction of sp³-hybridized carbons (Fsp3) is 0.524. The summed E-state index contributed by atoms with van der Waals surface area (Å²) in [6, 6.07) is 8.30. The van der Waals surface area contributed by atoms with E-state index in [4.69, 9.17) is 9.73 Å². The summed E-state index contributed by atoms with van der Waals surface area (Å²) >= 11 is 1.70. The summed E-state index contributed by atoms with van der Waals surface area (Å²) in [5.74, 6) is 2.38. The Morgan fingerprint density at radius 3 is 3.04 bits per heavy atom. The van der Waals surface area contributed by atoms with E-state index in [1.165, 1.54) is 5.69 Å². The predicted molar refractivity (Wildman–Crippen MR) is 118 cm³/mol. The fourth-order valence-electron chi connectivity index (χ4n) is 3.42. The van der Waals surface area contributed by atoms with Crippen LogP contribution in [0.3, 0.4) is 0 Å². The average molecular weight is 402 g/mol. The van der Waals surface area contributed by atoms with Crippen LogP contribution in [0.1, 0.15) is 24.0 Å². The van der Waals surface area contributed by atoms with Crippen molar-refractivity contribution in [1.29, 1.82) is 0 Å². The molecule has 0 spiro atoms. The molecule has 1 atom stereocenters. The number of aliphatic imine (C=N–C) groups is 1. The number of methoxy groups -OCH3 is 1. The number of rotatable bonds is 8. The van der Waals surface area contributed by atoms with Gasteiger partial charge in [0.15, 0.2) is 5.96 Å². The lowest BCUT2D eigenvalue weighted by molar-refractivity contribution is 0.415. The number of nitrogens with zero attached hydrogens (tertiary/aromatic N) is 3. The molecule has 0 radical (unpaired) electrons. The molecule has 28 heavy (non-hydrogen) atoms. The highest BCUT2D eigenvalue weighted by atomic mass is 32.1. The van der Waals surface area contributed by atoms with Gasteiger partial charge in [0.1, 0.15) is 5.75 Å². The van der Waals surface area contributed by atoms with E-state index in [1.54, 1.807) is 18.4 Å². The SMILES string of the molecule is CCNC(=NCC1CCN(c2cccc(OC)c2)C1)NCCc1csc(C)n1. The van der Waals surface area contributed by atoms with Crippen LogP contribution < -0.4 is 20.3 Å². The lowest BCUT2D eigenvalue weighted by atomic mass is 10.1. The van der Waals surface area contributed by atoms with E-state index in [1.807, 2.05) is 13.0 Å². The molecule has 1 unspecified atom stereocenters. The molecular weight excluding hydrogens is 370 g/mol. The number of benzene rings is 1. The monoisotopic (exact) mass is 401 g/mol. The van der Waals surface area contributed by atoms with Crippen molar-refractivity contribution in [1.82, 2.24) is 15.6 Å². The first-order valence-corrected chi connectivity index (χ1v) is 10.9. The molecular formula is C21H31N5OS. The maximum atomic E-state index is 5.35. The zero-order chi connectivity index (χ0) is 19.8. The number of nitrogens with one attached hydrogen (secondary N) is 2. The van der Waals surface area contributed by atoms with E-state index < -0.39 is 0 Å². The van der Waals surface area contributed by atoms with Gasteiger partial charge in [-0.25, -0.2) is 4.98 Å². The maximum Gasteiger partial charge on any atom is 0.191 e. The van der Waals surface area contributed by atoms with Gasteiger partial charge in [-0.1, -0.05) is 6.07 Å². The third-order valence-electron chi connectivity index (χ3n) is 4.90. The number of aryl methyl sites for hydroxylation is 1. The normalized spacial score (nSPS) is 17.0. The van der Waals surface area contributed by atoms with Gasteiger partial charge >= 0.3 is 0 Å². The quantitative estimate of drug-likeness (QED) is 0.526. The number of anilines is 1. The first-order valence-electron chi connectivity index (χ1n) is 10.00. The van der Waals surface area contributed by atoms with Gasteiger partial charge in [-0.15, -0.1) is 11.3 Å². The molecule has 0 amide bonds. The fourth-order valence-corrected chi connectivity index (χ4v) is 4.06. The van der Waals surface area contributed by atoms with Crippen LogP contribution in [-0.2, 0) is 6.42 Å². The van der Waals surface area contributed by atoms with Crippen molar-refractivity contribution >= 4 is 23.0 Å². The molecule has 152 valence electrons. The maximum absolute atomic E-state index is 5.35. The highest BCUT2D eigenvalue weighted by molar-refractivity contribution is 7.09. The summed E-state index contributed by atoms with van der Waals surface area (Å²) in [5, 5.41) is 10.0. The Hall–Kier alpha value is -2.28. The number of hydrogen-bond donors (Lipinski definition) is 2. The zero-order valence-electron chi connectivity index (χ0n) is 17.1. The number of guanidine groups is 1. The van der Waals surface area contributed by atoms with Crippen LogP contribution in [0.25, 0.3) is 0 Å². The molecule has 0 aliphatic carbocycles. The molecule has 6 nitrogen and oxygen atoms in total. The molecule has 2 N–H and O–H groups in total. The minimum Gasteiger partial charge on any atom is -0.497 e. The van der Waals surface area contributed by atoms with Crippen molar-refractivity contribution in [3.63, 3.8) is 0 Å². The third-order valence-corrected chi connectivity index (χ3v) is 5.72. The molecule has 0 saturated carbocycles. The van der Waals surface area contributed by atoms with Crippen molar-refractivity contribution < 1.29 is 4.74 Å². The van der Waals surface area contributed by atoms with Crippen molar-refractivity contribution in [2.45, 2.75) is 26.7 Å². The molecule has 3 rings (SSSR count). The lowest BCUT2D eigenvalue weighted by Crippen LogP contribution is -2.38. The van der Waals surface area contributed by atoms with Crippen LogP contribution >= 0.6 is 11.3 Å². The second-order valence-electron chi connectivity index (χ2n) is 7.06. The van der Waals surface area contributed by atoms with Gasteiger partial charge in [0.05, 0.1) is 17.8 Å². The van der Waals surface area contributed by atoms with E-state index >= 15 is 0 Å². The molecule has 1 aliphatic heterocycles. The van der Waals surface area contributed by atoms with Gasteiger partial charge in [-0.3, -0.25) is 4.99 Å². The summed E-state index contributed by atoms with van der Waals surface area (Å²) in [6.45, 7) is 8.79. The van der Waals surface area contributed by atoms with E-state index in [2.05, 4.69) is 51.0 Å². The smallest absolute Gasteiger partial charge is 0.191 e. The predicted octanol–water partition coefficient (Wildman–Crippen LogP) is 3.08. The van der Waals surface area contributed by atoms with Crippen LogP contribution in [0.4, 0.5) is 5.69 Å². The molecule has 1 aromatic carbocycles. The van der Waals surface area contributed by atoms with Gasteiger partial charge in [0.2, 0.25) is 0 Å². The molecule has 1 saturated heterocycles. The minimum absolute atomic E-state index is 0.572. The lowest BCUT2D eigenvalue weighted by Gasteiger charge is -2.19. The number of ether oxygens (including phenoxy) is 1. The minimum atomic E-state index is 0.572. The standard InChI is InChI=1S/C21H31N5OS/c1-4-22-21(23-10-8-18-15-28-16(2)25-18)24-13-17-9-11-26(14-17)19-6-5-7-20(12-19)27-3/h5-7,12,15,17H,4,8-11,13-14H2,1-3H3,(H2,22,23,24). The molecule has 1 aromatic heterocycles. The number of aromatic nitrogens is 1. The highest BCUT2D eigenvalue weighted by Crippen LogP contribution is 2.26. The topological polar surface area (TPSA) is 61.8 Å². The second-order valence-corrected chi connectivity index (χ2v) is 8.12. The Kier molecular flexibility index (Phi) is 7.54. The van der Waals surface area contributed by atoms with Crippen molar-refractivity contribution in [3.05, 3.63) is 40.3 Å². The van der Waals surface area contributed by atoms with Crippen molar-refractivity contribution in [2.75, 3.05) is 44.7 Å². The van der Waals surface area contributed by atoms with Gasteiger partial charge < -0.3 is 20.3 Å². The van der Waals surface area contributed by atoms with E-state index in [0.29, 0.717) is 5.92 Å². The number of thiazole rings is 1. The Balaban J connectivity index is 1.48. The third kappa shape index (κ3) is 5.86. The number of hydrogen-bond acceptors (Lipinski definition) is 5. The van der Waals surface area contributed by atoms with Gasteiger partial charge in [-0.2, -0.15) is 0 Å². The van der Waals surface area contributed by atoms with Crippen molar-refractivity contribution in [3.8, 4) is 5.75 Å².